The summed E-state index contributed by atoms with van der Waals surface area (Å²) >= 11 is 3.44. The van der Waals surface area contributed by atoms with E-state index in [0.29, 0.717) is 11.3 Å². The predicted molar refractivity (Wildman–Crippen MR) is 75.9 cm³/mol. The molecule has 0 radical (unpaired) electrons. The summed E-state index contributed by atoms with van der Waals surface area (Å²) < 4.78 is 10.9. The number of hydrogen-bond acceptors (Lipinski definition) is 4. The Bertz CT molecular complexity index is 535. The minimum atomic E-state index is -0.862. The van der Waals surface area contributed by atoms with E-state index in [1.165, 1.54) is 7.11 Å². The van der Waals surface area contributed by atoms with E-state index in [-0.39, 0.29) is 12.2 Å². The number of ketones is 1. The average molecular weight is 329 g/mol. The maximum Gasteiger partial charge on any atom is 0.379 e. The van der Waals surface area contributed by atoms with E-state index in [1.54, 1.807) is 13.8 Å². The van der Waals surface area contributed by atoms with Crippen LogP contribution in [0.1, 0.15) is 34.0 Å². The van der Waals surface area contributed by atoms with Gasteiger partial charge in [-0.25, -0.2) is 4.79 Å². The van der Waals surface area contributed by atoms with Gasteiger partial charge >= 0.3 is 5.97 Å². The standard InChI is InChI=1S/C14H17BrO4/c1-6-19-14(17)12(16)10-9(4)11(15)7(2)8(3)13(10)18-5/h6H2,1-5H3. The van der Waals surface area contributed by atoms with Crippen LogP contribution in [0, 0.1) is 20.8 Å². The number of esters is 1. The van der Waals surface area contributed by atoms with Crippen LogP contribution in [0.25, 0.3) is 0 Å². The van der Waals surface area contributed by atoms with Crippen LogP contribution in [-0.2, 0) is 9.53 Å². The number of halogens is 1. The summed E-state index contributed by atoms with van der Waals surface area (Å²) in [5, 5.41) is 0. The van der Waals surface area contributed by atoms with E-state index >= 15 is 0 Å². The highest BCUT2D eigenvalue weighted by Crippen LogP contribution is 2.36. The Morgan fingerprint density at radius 2 is 1.68 bits per heavy atom. The second-order valence-corrected chi connectivity index (χ2v) is 4.94. The van der Waals surface area contributed by atoms with Crippen molar-refractivity contribution in [2.75, 3.05) is 13.7 Å². The molecule has 0 saturated heterocycles. The second-order valence-electron chi connectivity index (χ2n) is 4.15. The number of rotatable bonds is 4. The number of carbonyl (C=O) groups excluding carboxylic acids is 2. The van der Waals surface area contributed by atoms with E-state index in [0.717, 1.165) is 15.6 Å². The fraction of sp³-hybridized carbons (Fsp3) is 0.429. The zero-order valence-corrected chi connectivity index (χ0v) is 13.3. The second kappa shape index (κ2) is 6.19. The summed E-state index contributed by atoms with van der Waals surface area (Å²) in [6, 6.07) is 0. The first-order valence-electron chi connectivity index (χ1n) is 5.91. The molecule has 0 amide bonds. The molecule has 0 atom stereocenters. The Hall–Kier alpha value is -1.36. The molecule has 1 rings (SSSR count). The van der Waals surface area contributed by atoms with Crippen molar-refractivity contribution in [2.45, 2.75) is 27.7 Å². The number of Topliss-reactive ketones (excluding diaryl/α,β-unsaturated/α-hetero) is 1. The molecular weight excluding hydrogens is 312 g/mol. The molecule has 0 spiro atoms. The first-order valence-corrected chi connectivity index (χ1v) is 6.70. The zero-order chi connectivity index (χ0) is 14.7. The van der Waals surface area contributed by atoms with Gasteiger partial charge in [0.1, 0.15) is 5.75 Å². The normalized spacial score (nSPS) is 10.2. The molecule has 0 aliphatic carbocycles. The highest BCUT2D eigenvalue weighted by molar-refractivity contribution is 9.10. The summed E-state index contributed by atoms with van der Waals surface area (Å²) in [5.41, 5.74) is 2.75. The monoisotopic (exact) mass is 328 g/mol. The first kappa shape index (κ1) is 15.7. The topological polar surface area (TPSA) is 52.6 Å². The molecular formula is C14H17BrO4. The van der Waals surface area contributed by atoms with Crippen molar-refractivity contribution in [1.29, 1.82) is 0 Å². The Morgan fingerprint density at radius 3 is 2.16 bits per heavy atom. The Morgan fingerprint density at radius 1 is 1.11 bits per heavy atom. The number of ether oxygens (including phenoxy) is 2. The van der Waals surface area contributed by atoms with Crippen molar-refractivity contribution in [1.82, 2.24) is 0 Å². The SMILES string of the molecule is CCOC(=O)C(=O)c1c(C)c(Br)c(C)c(C)c1OC. The van der Waals surface area contributed by atoms with Gasteiger partial charge in [-0.15, -0.1) is 0 Å². The predicted octanol–water partition coefficient (Wildman–Crippen LogP) is 3.13. The van der Waals surface area contributed by atoms with E-state index in [2.05, 4.69) is 15.9 Å². The van der Waals surface area contributed by atoms with E-state index < -0.39 is 11.8 Å². The van der Waals surface area contributed by atoms with Gasteiger partial charge in [0.25, 0.3) is 5.78 Å². The minimum Gasteiger partial charge on any atom is -0.496 e. The third-order valence-corrected chi connectivity index (χ3v) is 4.25. The van der Waals surface area contributed by atoms with Crippen LogP contribution in [0.2, 0.25) is 0 Å². The molecule has 0 N–H and O–H groups in total. The van der Waals surface area contributed by atoms with E-state index in [4.69, 9.17) is 9.47 Å². The smallest absolute Gasteiger partial charge is 0.379 e. The van der Waals surface area contributed by atoms with Gasteiger partial charge in [0.2, 0.25) is 0 Å². The van der Waals surface area contributed by atoms with Gasteiger partial charge in [-0.3, -0.25) is 4.79 Å². The van der Waals surface area contributed by atoms with Gasteiger partial charge in [0, 0.05) is 4.47 Å². The summed E-state index contributed by atoms with van der Waals surface area (Å²) in [5.74, 6) is -1.12. The highest BCUT2D eigenvalue weighted by Gasteiger charge is 2.27. The van der Waals surface area contributed by atoms with Gasteiger partial charge in [-0.2, -0.15) is 0 Å². The molecule has 0 unspecified atom stereocenters. The van der Waals surface area contributed by atoms with Crippen LogP contribution >= 0.6 is 15.9 Å². The maximum absolute atomic E-state index is 12.2. The maximum atomic E-state index is 12.2. The van der Waals surface area contributed by atoms with Crippen molar-refractivity contribution >= 4 is 27.7 Å². The third kappa shape index (κ3) is 2.81. The summed E-state index contributed by atoms with van der Waals surface area (Å²) in [4.78, 5) is 23.8. The van der Waals surface area contributed by atoms with Crippen molar-refractivity contribution in [3.63, 3.8) is 0 Å². The number of carbonyl (C=O) groups is 2. The molecule has 0 aliphatic rings. The largest absolute Gasteiger partial charge is 0.496 e. The van der Waals surface area contributed by atoms with Crippen LogP contribution in [0.15, 0.2) is 4.47 Å². The average Bonchev–Trinajstić information content (AvgIpc) is 2.39. The van der Waals surface area contributed by atoms with Crippen LogP contribution in [0.5, 0.6) is 5.75 Å². The molecule has 5 heteroatoms. The number of hydrogen-bond donors (Lipinski definition) is 0. The quantitative estimate of drug-likeness (QED) is 0.484. The van der Waals surface area contributed by atoms with Crippen molar-refractivity contribution in [3.05, 3.63) is 26.7 Å². The van der Waals surface area contributed by atoms with Crippen LogP contribution in [0.3, 0.4) is 0 Å². The third-order valence-electron chi connectivity index (χ3n) is 3.06. The molecule has 0 heterocycles. The zero-order valence-electron chi connectivity index (χ0n) is 11.7. The minimum absolute atomic E-state index is 0.165. The van der Waals surface area contributed by atoms with Gasteiger partial charge in [0.05, 0.1) is 19.3 Å². The Labute approximate surface area is 121 Å². The molecule has 1 aromatic rings. The lowest BCUT2D eigenvalue weighted by Crippen LogP contribution is -2.20. The first-order chi connectivity index (χ1) is 8.86. The highest BCUT2D eigenvalue weighted by atomic mass is 79.9. The summed E-state index contributed by atoms with van der Waals surface area (Å²) in [6.07, 6.45) is 0. The van der Waals surface area contributed by atoms with Crippen LogP contribution < -0.4 is 4.74 Å². The van der Waals surface area contributed by atoms with Crippen LogP contribution in [0.4, 0.5) is 0 Å². The summed E-state index contributed by atoms with van der Waals surface area (Å²) in [6.45, 7) is 7.36. The van der Waals surface area contributed by atoms with Gasteiger partial charge in [-0.1, -0.05) is 15.9 Å². The van der Waals surface area contributed by atoms with Gasteiger partial charge in [-0.05, 0) is 44.4 Å². The molecule has 0 saturated carbocycles. The fourth-order valence-corrected chi connectivity index (χ4v) is 2.41. The lowest BCUT2D eigenvalue weighted by Gasteiger charge is -2.17. The Kier molecular flexibility index (Phi) is 5.11. The van der Waals surface area contributed by atoms with Crippen molar-refractivity contribution in [3.8, 4) is 5.75 Å². The molecule has 0 fully saturated rings. The van der Waals surface area contributed by atoms with Crippen molar-refractivity contribution < 1.29 is 19.1 Å². The molecule has 0 aromatic heterocycles. The molecule has 1 aromatic carbocycles. The molecule has 19 heavy (non-hydrogen) atoms. The van der Waals surface area contributed by atoms with E-state index in [1.807, 2.05) is 13.8 Å². The fourth-order valence-electron chi connectivity index (χ4n) is 1.91. The lowest BCUT2D eigenvalue weighted by atomic mass is 9.96. The summed E-state index contributed by atoms with van der Waals surface area (Å²) in [7, 11) is 1.48. The Balaban J connectivity index is 3.50. The lowest BCUT2D eigenvalue weighted by molar-refractivity contribution is -0.137. The van der Waals surface area contributed by atoms with Gasteiger partial charge < -0.3 is 9.47 Å². The molecule has 104 valence electrons. The van der Waals surface area contributed by atoms with Gasteiger partial charge in [0.15, 0.2) is 0 Å². The molecule has 0 aliphatic heterocycles. The molecule has 0 bridgehead atoms. The van der Waals surface area contributed by atoms with Crippen LogP contribution in [-0.4, -0.2) is 25.5 Å². The number of benzene rings is 1. The van der Waals surface area contributed by atoms with E-state index in [9.17, 15) is 9.59 Å². The molecule has 4 nitrogen and oxygen atoms in total. The number of methoxy groups -OCH3 is 1. The van der Waals surface area contributed by atoms with Crippen molar-refractivity contribution in [2.24, 2.45) is 0 Å².